The number of esters is 1. The van der Waals surface area contributed by atoms with E-state index in [1.54, 1.807) is 13.8 Å². The lowest BCUT2D eigenvalue weighted by atomic mass is 10.0. The Balaban J connectivity index is 4.00. The number of hydrogen-bond donors (Lipinski definition) is 1. The van der Waals surface area contributed by atoms with Crippen molar-refractivity contribution in [1.82, 2.24) is 5.32 Å². The Morgan fingerprint density at radius 2 is 1.80 bits per heavy atom. The van der Waals surface area contributed by atoms with E-state index < -0.39 is 5.60 Å². The van der Waals surface area contributed by atoms with Crippen molar-refractivity contribution >= 4 is 5.97 Å². The second-order valence-electron chi connectivity index (χ2n) is 4.73. The van der Waals surface area contributed by atoms with Crippen LogP contribution in [0.5, 0.6) is 0 Å². The van der Waals surface area contributed by atoms with Crippen molar-refractivity contribution in [2.24, 2.45) is 0 Å². The predicted molar refractivity (Wildman–Crippen MR) is 59.8 cm³/mol. The molecule has 0 spiro atoms. The molecule has 0 fully saturated rings. The smallest absolute Gasteiger partial charge is 0.337 e. The van der Waals surface area contributed by atoms with Crippen molar-refractivity contribution in [2.75, 3.05) is 20.8 Å². The standard InChI is InChI=1S/C11H23NO3/c1-10(2,12-5)7-8-15-11(3,4)9(13)14-6/h12H,7-8H2,1-6H3. The number of carbonyl (C=O) groups excluding carboxylic acids is 1. The van der Waals surface area contributed by atoms with Crippen LogP contribution in [-0.4, -0.2) is 37.9 Å². The number of methoxy groups -OCH3 is 1. The fourth-order valence-corrected chi connectivity index (χ4v) is 0.991. The number of rotatable bonds is 6. The van der Waals surface area contributed by atoms with E-state index in [4.69, 9.17) is 4.74 Å². The first-order chi connectivity index (χ1) is 6.75. The summed E-state index contributed by atoms with van der Waals surface area (Å²) in [7, 11) is 3.27. The van der Waals surface area contributed by atoms with Gasteiger partial charge in [-0.25, -0.2) is 4.79 Å². The van der Waals surface area contributed by atoms with Crippen molar-refractivity contribution in [2.45, 2.75) is 45.3 Å². The van der Waals surface area contributed by atoms with E-state index in [-0.39, 0.29) is 11.5 Å². The van der Waals surface area contributed by atoms with E-state index in [1.165, 1.54) is 7.11 Å². The van der Waals surface area contributed by atoms with Crippen LogP contribution in [0.4, 0.5) is 0 Å². The summed E-state index contributed by atoms with van der Waals surface area (Å²) in [4.78, 5) is 11.3. The molecule has 0 rings (SSSR count). The van der Waals surface area contributed by atoms with Gasteiger partial charge in [-0.2, -0.15) is 0 Å². The molecule has 0 amide bonds. The molecule has 1 N–H and O–H groups in total. The molecule has 0 aromatic rings. The fourth-order valence-electron chi connectivity index (χ4n) is 0.991. The summed E-state index contributed by atoms with van der Waals surface area (Å²) in [5, 5.41) is 3.17. The molecule has 0 heterocycles. The Labute approximate surface area is 92.3 Å². The molecule has 90 valence electrons. The predicted octanol–water partition coefficient (Wildman–Crippen LogP) is 1.34. The van der Waals surface area contributed by atoms with Crippen LogP contribution in [-0.2, 0) is 14.3 Å². The highest BCUT2D eigenvalue weighted by molar-refractivity contribution is 5.78. The minimum atomic E-state index is -0.863. The molecule has 0 bridgehead atoms. The maximum Gasteiger partial charge on any atom is 0.337 e. The van der Waals surface area contributed by atoms with E-state index in [0.29, 0.717) is 6.61 Å². The minimum absolute atomic E-state index is 0.0200. The lowest BCUT2D eigenvalue weighted by molar-refractivity contribution is -0.165. The second-order valence-corrected chi connectivity index (χ2v) is 4.73. The zero-order valence-corrected chi connectivity index (χ0v) is 10.6. The van der Waals surface area contributed by atoms with Crippen LogP contribution in [0.25, 0.3) is 0 Å². The number of carbonyl (C=O) groups is 1. The van der Waals surface area contributed by atoms with Gasteiger partial charge in [0.2, 0.25) is 0 Å². The Morgan fingerprint density at radius 3 is 2.20 bits per heavy atom. The van der Waals surface area contributed by atoms with Gasteiger partial charge in [0.1, 0.15) is 0 Å². The van der Waals surface area contributed by atoms with E-state index in [0.717, 1.165) is 6.42 Å². The maximum atomic E-state index is 11.3. The quantitative estimate of drug-likeness (QED) is 0.682. The Kier molecular flexibility index (Phi) is 5.24. The zero-order chi connectivity index (χ0) is 12.1. The zero-order valence-electron chi connectivity index (χ0n) is 10.6. The molecule has 0 saturated carbocycles. The molecule has 4 heteroatoms. The SMILES string of the molecule is CNC(C)(C)CCOC(C)(C)C(=O)OC. The van der Waals surface area contributed by atoms with E-state index in [2.05, 4.69) is 23.9 Å². The summed E-state index contributed by atoms with van der Waals surface area (Å²) < 4.78 is 10.1. The average Bonchev–Trinajstić information content (AvgIpc) is 2.16. The lowest BCUT2D eigenvalue weighted by Gasteiger charge is -2.27. The van der Waals surface area contributed by atoms with Gasteiger partial charge in [-0.1, -0.05) is 0 Å². The minimum Gasteiger partial charge on any atom is -0.467 e. The molecule has 0 aliphatic carbocycles. The van der Waals surface area contributed by atoms with Gasteiger partial charge >= 0.3 is 5.97 Å². The molecule has 0 atom stereocenters. The Bertz CT molecular complexity index is 212. The molecule has 0 aliphatic rings. The van der Waals surface area contributed by atoms with Crippen LogP contribution in [0.3, 0.4) is 0 Å². The molecule has 0 radical (unpaired) electrons. The normalized spacial score (nSPS) is 12.7. The van der Waals surface area contributed by atoms with Crippen LogP contribution in [0.2, 0.25) is 0 Å². The second kappa shape index (κ2) is 5.47. The molecular weight excluding hydrogens is 194 g/mol. The highest BCUT2D eigenvalue weighted by Gasteiger charge is 2.30. The molecule has 0 aromatic carbocycles. The summed E-state index contributed by atoms with van der Waals surface area (Å²) in [6, 6.07) is 0. The van der Waals surface area contributed by atoms with Gasteiger partial charge in [-0.05, 0) is 41.2 Å². The van der Waals surface area contributed by atoms with Crippen molar-refractivity contribution in [3.05, 3.63) is 0 Å². The number of hydrogen-bond acceptors (Lipinski definition) is 4. The average molecular weight is 217 g/mol. The van der Waals surface area contributed by atoms with Gasteiger partial charge in [0, 0.05) is 12.1 Å². The Hall–Kier alpha value is -0.610. The molecule has 15 heavy (non-hydrogen) atoms. The third-order valence-electron chi connectivity index (χ3n) is 2.54. The monoisotopic (exact) mass is 217 g/mol. The topological polar surface area (TPSA) is 47.6 Å². The van der Waals surface area contributed by atoms with Crippen LogP contribution in [0.1, 0.15) is 34.1 Å². The van der Waals surface area contributed by atoms with Crippen LogP contribution >= 0.6 is 0 Å². The molecule has 0 unspecified atom stereocenters. The fraction of sp³-hybridized carbons (Fsp3) is 0.909. The van der Waals surface area contributed by atoms with Crippen molar-refractivity contribution in [1.29, 1.82) is 0 Å². The van der Waals surface area contributed by atoms with Crippen LogP contribution in [0.15, 0.2) is 0 Å². The van der Waals surface area contributed by atoms with Gasteiger partial charge in [0.15, 0.2) is 5.60 Å². The molecule has 4 nitrogen and oxygen atoms in total. The van der Waals surface area contributed by atoms with Gasteiger partial charge in [0.25, 0.3) is 0 Å². The summed E-state index contributed by atoms with van der Waals surface area (Å²) in [5.74, 6) is -0.343. The molecular formula is C11H23NO3. The summed E-state index contributed by atoms with van der Waals surface area (Å²) in [5.41, 5.74) is -0.842. The third kappa shape index (κ3) is 5.14. The van der Waals surface area contributed by atoms with Crippen molar-refractivity contribution in [3.63, 3.8) is 0 Å². The van der Waals surface area contributed by atoms with Gasteiger partial charge < -0.3 is 14.8 Å². The largest absolute Gasteiger partial charge is 0.467 e. The first-order valence-electron chi connectivity index (χ1n) is 5.16. The highest BCUT2D eigenvalue weighted by Crippen LogP contribution is 2.14. The molecule has 0 aromatic heterocycles. The number of ether oxygens (including phenoxy) is 2. The lowest BCUT2D eigenvalue weighted by Crippen LogP contribution is -2.41. The Morgan fingerprint density at radius 1 is 1.27 bits per heavy atom. The first-order valence-corrected chi connectivity index (χ1v) is 5.16. The third-order valence-corrected chi connectivity index (χ3v) is 2.54. The van der Waals surface area contributed by atoms with E-state index in [1.807, 2.05) is 7.05 Å². The summed E-state index contributed by atoms with van der Waals surface area (Å²) in [6.45, 7) is 8.12. The number of nitrogens with one attached hydrogen (secondary N) is 1. The van der Waals surface area contributed by atoms with Crippen molar-refractivity contribution in [3.8, 4) is 0 Å². The van der Waals surface area contributed by atoms with E-state index in [9.17, 15) is 4.79 Å². The van der Waals surface area contributed by atoms with Gasteiger partial charge in [0.05, 0.1) is 7.11 Å². The summed E-state index contributed by atoms with van der Waals surface area (Å²) in [6.07, 6.45) is 0.837. The van der Waals surface area contributed by atoms with Gasteiger partial charge in [-0.15, -0.1) is 0 Å². The van der Waals surface area contributed by atoms with Crippen molar-refractivity contribution < 1.29 is 14.3 Å². The van der Waals surface area contributed by atoms with Crippen LogP contribution < -0.4 is 5.32 Å². The highest BCUT2D eigenvalue weighted by atomic mass is 16.6. The molecule has 0 saturated heterocycles. The molecule has 0 aliphatic heterocycles. The summed E-state index contributed by atoms with van der Waals surface area (Å²) >= 11 is 0. The first kappa shape index (κ1) is 14.4. The van der Waals surface area contributed by atoms with Gasteiger partial charge in [-0.3, -0.25) is 0 Å². The van der Waals surface area contributed by atoms with Crippen LogP contribution in [0, 0.1) is 0 Å². The van der Waals surface area contributed by atoms with E-state index >= 15 is 0 Å². The maximum absolute atomic E-state index is 11.3.